The fourth-order valence-corrected chi connectivity index (χ4v) is 2.77. The molecule has 1 aliphatic rings. The molecule has 4 N–H and O–H groups in total. The molecule has 0 aromatic carbocycles. The first-order chi connectivity index (χ1) is 11.6. The van der Waals surface area contributed by atoms with E-state index in [1.54, 1.807) is 4.90 Å². The van der Waals surface area contributed by atoms with Crippen LogP contribution in [0.25, 0.3) is 0 Å². The van der Waals surface area contributed by atoms with Crippen LogP contribution >= 0.6 is 24.0 Å². The second kappa shape index (κ2) is 11.2. The summed E-state index contributed by atoms with van der Waals surface area (Å²) in [5.41, 5.74) is 8.29. The van der Waals surface area contributed by atoms with E-state index in [9.17, 15) is 4.79 Å². The van der Waals surface area contributed by atoms with Crippen molar-refractivity contribution in [2.45, 2.75) is 45.6 Å². The van der Waals surface area contributed by atoms with Crippen LogP contribution in [0.5, 0.6) is 0 Å². The predicted octanol–water partition coefficient (Wildman–Crippen LogP) is 1.79. The topological polar surface area (TPSA) is 109 Å². The van der Waals surface area contributed by atoms with E-state index in [2.05, 4.69) is 20.5 Å². The number of likely N-dealkylation sites (tertiary alicyclic amines) is 1. The number of H-pyrrole nitrogens is 1. The summed E-state index contributed by atoms with van der Waals surface area (Å²) in [7, 11) is 0. The first-order valence-corrected chi connectivity index (χ1v) is 8.57. The Hall–Kier alpha value is -1.52. The van der Waals surface area contributed by atoms with E-state index in [1.165, 1.54) is 5.56 Å². The summed E-state index contributed by atoms with van der Waals surface area (Å²) in [6, 6.07) is 0.260. The molecule has 0 radical (unpaired) electrons. The summed E-state index contributed by atoms with van der Waals surface area (Å²) in [4.78, 5) is 17.8. The number of nitrogens with two attached hydrogens (primary N) is 1. The number of aromatic amines is 1. The van der Waals surface area contributed by atoms with Crippen LogP contribution in [0.15, 0.2) is 11.2 Å². The highest BCUT2D eigenvalue weighted by Crippen LogP contribution is 2.11. The van der Waals surface area contributed by atoms with Crippen LogP contribution < -0.4 is 11.1 Å². The van der Waals surface area contributed by atoms with Gasteiger partial charge in [-0.2, -0.15) is 5.10 Å². The molecule has 142 valence electrons. The molecule has 0 atom stereocenters. The van der Waals surface area contributed by atoms with Crippen LogP contribution in [0.4, 0.5) is 4.79 Å². The maximum atomic E-state index is 11.7. The first-order valence-electron chi connectivity index (χ1n) is 8.57. The molecule has 1 aliphatic heterocycles. The van der Waals surface area contributed by atoms with E-state index in [-0.39, 0.29) is 36.1 Å². The van der Waals surface area contributed by atoms with Crippen molar-refractivity contribution in [1.29, 1.82) is 0 Å². The number of carbonyl (C=O) groups excluding carboxylic acids is 1. The molecule has 9 heteroatoms. The third-order valence-corrected chi connectivity index (χ3v) is 4.19. The molecular weight excluding hydrogens is 435 g/mol. The van der Waals surface area contributed by atoms with Crippen molar-refractivity contribution in [3.8, 4) is 0 Å². The maximum absolute atomic E-state index is 11.7. The van der Waals surface area contributed by atoms with Gasteiger partial charge >= 0.3 is 6.09 Å². The highest BCUT2D eigenvalue weighted by atomic mass is 127. The lowest BCUT2D eigenvalue weighted by atomic mass is 10.1. The second-order valence-corrected chi connectivity index (χ2v) is 6.00. The van der Waals surface area contributed by atoms with Crippen LogP contribution in [0.3, 0.4) is 0 Å². The average molecular weight is 464 g/mol. The molecule has 0 aliphatic carbocycles. The number of aromatic nitrogens is 2. The van der Waals surface area contributed by atoms with E-state index in [1.807, 2.05) is 20.0 Å². The van der Waals surface area contributed by atoms with Crippen molar-refractivity contribution in [2.24, 2.45) is 10.7 Å². The maximum Gasteiger partial charge on any atom is 0.409 e. The largest absolute Gasteiger partial charge is 0.450 e. The van der Waals surface area contributed by atoms with Crippen molar-refractivity contribution < 1.29 is 9.53 Å². The number of amides is 1. The van der Waals surface area contributed by atoms with Gasteiger partial charge in [-0.1, -0.05) is 0 Å². The van der Waals surface area contributed by atoms with E-state index in [0.717, 1.165) is 31.4 Å². The fraction of sp³-hybridized carbons (Fsp3) is 0.688. The molecule has 8 nitrogen and oxygen atoms in total. The van der Waals surface area contributed by atoms with Crippen LogP contribution in [-0.4, -0.2) is 59.4 Å². The van der Waals surface area contributed by atoms with Crippen LogP contribution in [-0.2, 0) is 11.2 Å². The molecule has 2 heterocycles. The number of halogens is 1. The standard InChI is InChI=1S/C16H28N6O2.HI/c1-3-24-16(23)22-9-6-14(7-10-22)20-15(17)18-8-4-5-13-11-19-21-12(13)2;/h11,14H,3-10H2,1-2H3,(H,19,21)(H3,17,18,20);1H. The Morgan fingerprint density at radius 3 is 2.84 bits per heavy atom. The molecule has 1 aromatic heterocycles. The monoisotopic (exact) mass is 464 g/mol. The van der Waals surface area contributed by atoms with Crippen LogP contribution in [0.2, 0.25) is 0 Å². The number of piperidine rings is 1. The quantitative estimate of drug-likeness (QED) is 0.258. The number of nitrogens with one attached hydrogen (secondary N) is 2. The minimum atomic E-state index is -0.230. The molecular formula is C16H29IN6O2. The highest BCUT2D eigenvalue weighted by Gasteiger charge is 2.23. The van der Waals surface area contributed by atoms with Gasteiger partial charge in [0.25, 0.3) is 0 Å². The number of guanidine groups is 1. The Balaban J connectivity index is 0.00000312. The minimum Gasteiger partial charge on any atom is -0.450 e. The van der Waals surface area contributed by atoms with Crippen LogP contribution in [0.1, 0.15) is 37.4 Å². The van der Waals surface area contributed by atoms with Crippen LogP contribution in [0, 0.1) is 6.92 Å². The first kappa shape index (κ1) is 21.5. The summed E-state index contributed by atoms with van der Waals surface area (Å²) >= 11 is 0. The lowest BCUT2D eigenvalue weighted by Gasteiger charge is -2.31. The Labute approximate surface area is 166 Å². The zero-order valence-corrected chi connectivity index (χ0v) is 17.3. The van der Waals surface area contributed by atoms with Gasteiger partial charge in [0.05, 0.1) is 12.8 Å². The second-order valence-electron chi connectivity index (χ2n) is 6.00. The lowest BCUT2D eigenvalue weighted by molar-refractivity contribution is 0.0963. The highest BCUT2D eigenvalue weighted by molar-refractivity contribution is 14.0. The van der Waals surface area contributed by atoms with Gasteiger partial charge in [-0.3, -0.25) is 10.1 Å². The predicted molar refractivity (Wildman–Crippen MR) is 108 cm³/mol. The third-order valence-electron chi connectivity index (χ3n) is 4.19. The Bertz CT molecular complexity index is 555. The Morgan fingerprint density at radius 1 is 1.52 bits per heavy atom. The van der Waals surface area contributed by atoms with E-state index < -0.39 is 0 Å². The van der Waals surface area contributed by atoms with Crippen molar-refractivity contribution >= 4 is 36.0 Å². The number of rotatable bonds is 6. The number of hydrogen-bond donors (Lipinski definition) is 3. The fourth-order valence-electron chi connectivity index (χ4n) is 2.77. The van der Waals surface area contributed by atoms with Gasteiger partial charge in [0.2, 0.25) is 0 Å². The zero-order valence-electron chi connectivity index (χ0n) is 15.0. The summed E-state index contributed by atoms with van der Waals surface area (Å²) in [6.45, 7) is 6.30. The summed E-state index contributed by atoms with van der Waals surface area (Å²) in [6.07, 6.45) is 5.21. The number of ether oxygens (including phenoxy) is 1. The van der Waals surface area contributed by atoms with Gasteiger partial charge in [-0.15, -0.1) is 24.0 Å². The van der Waals surface area contributed by atoms with Gasteiger partial charge in [0, 0.05) is 31.4 Å². The van der Waals surface area contributed by atoms with Gasteiger partial charge in [0.15, 0.2) is 5.96 Å². The zero-order chi connectivity index (χ0) is 17.4. The van der Waals surface area contributed by atoms with Crippen molar-refractivity contribution in [1.82, 2.24) is 20.4 Å². The van der Waals surface area contributed by atoms with E-state index in [0.29, 0.717) is 32.2 Å². The number of nitrogens with zero attached hydrogens (tertiary/aromatic N) is 3. The lowest BCUT2D eigenvalue weighted by Crippen LogP contribution is -2.48. The van der Waals surface area contributed by atoms with E-state index in [4.69, 9.17) is 10.5 Å². The number of carbonyl (C=O) groups is 1. The molecule has 0 saturated carbocycles. The summed E-state index contributed by atoms with van der Waals surface area (Å²) in [5.74, 6) is 0.480. The molecule has 1 aromatic rings. The van der Waals surface area contributed by atoms with Gasteiger partial charge in [-0.05, 0) is 45.1 Å². The molecule has 0 spiro atoms. The molecule has 1 amide bonds. The van der Waals surface area contributed by atoms with Crippen molar-refractivity contribution in [2.75, 3.05) is 26.2 Å². The number of aliphatic imine (C=N–C) groups is 1. The van der Waals surface area contributed by atoms with Crippen molar-refractivity contribution in [3.63, 3.8) is 0 Å². The molecule has 2 rings (SSSR count). The summed E-state index contributed by atoms with van der Waals surface area (Å²) < 4.78 is 5.01. The molecule has 25 heavy (non-hydrogen) atoms. The Morgan fingerprint density at radius 2 is 2.24 bits per heavy atom. The molecule has 0 unspecified atom stereocenters. The molecule has 1 fully saturated rings. The minimum absolute atomic E-state index is 0. The summed E-state index contributed by atoms with van der Waals surface area (Å²) in [5, 5.41) is 10.2. The smallest absolute Gasteiger partial charge is 0.409 e. The average Bonchev–Trinajstić information content (AvgIpc) is 2.97. The molecule has 1 saturated heterocycles. The van der Waals surface area contributed by atoms with Crippen molar-refractivity contribution in [3.05, 3.63) is 17.5 Å². The van der Waals surface area contributed by atoms with E-state index >= 15 is 0 Å². The van der Waals surface area contributed by atoms with Gasteiger partial charge in [-0.25, -0.2) is 4.79 Å². The van der Waals surface area contributed by atoms with Gasteiger partial charge < -0.3 is 20.7 Å². The third kappa shape index (κ3) is 7.09. The SMILES string of the molecule is CCOC(=O)N1CCC(NC(N)=NCCCc2cn[nH]c2C)CC1.I. The normalized spacial score (nSPS) is 15.6. The molecule has 0 bridgehead atoms. The Kier molecular flexibility index (Phi) is 9.61. The number of hydrogen-bond acceptors (Lipinski definition) is 4. The number of aryl methyl sites for hydroxylation is 2. The van der Waals surface area contributed by atoms with Gasteiger partial charge in [0.1, 0.15) is 0 Å².